The van der Waals surface area contributed by atoms with Crippen molar-refractivity contribution in [1.82, 2.24) is 10.2 Å². The summed E-state index contributed by atoms with van der Waals surface area (Å²) in [6, 6.07) is 7.21. The van der Waals surface area contributed by atoms with Gasteiger partial charge >= 0.3 is 12.1 Å². The van der Waals surface area contributed by atoms with E-state index in [-0.39, 0.29) is 12.1 Å². The fourth-order valence-corrected chi connectivity index (χ4v) is 3.56. The second-order valence-electron chi connectivity index (χ2n) is 7.28. The second-order valence-corrected chi connectivity index (χ2v) is 7.28. The summed E-state index contributed by atoms with van der Waals surface area (Å²) in [5.74, 6) is 0.605. The summed E-state index contributed by atoms with van der Waals surface area (Å²) in [5, 5.41) is 5.63. The van der Waals surface area contributed by atoms with Gasteiger partial charge in [0.2, 0.25) is 0 Å². The molecule has 1 saturated carbocycles. The predicted molar refractivity (Wildman–Crippen MR) is 103 cm³/mol. The van der Waals surface area contributed by atoms with Crippen molar-refractivity contribution in [3.05, 3.63) is 29.8 Å². The van der Waals surface area contributed by atoms with Crippen molar-refractivity contribution in [1.29, 1.82) is 0 Å². The average Bonchev–Trinajstić information content (AvgIpc) is 3.06. The number of urea groups is 1. The number of cyclic esters (lactones) is 1. The van der Waals surface area contributed by atoms with Gasteiger partial charge in [0.15, 0.2) is 0 Å². The molecular weight excluding hydrogens is 346 g/mol. The number of anilines is 1. The number of carbonyl (C=O) groups is 2. The smallest absolute Gasteiger partial charge is 0.410 e. The maximum atomic E-state index is 12.0. The fraction of sp³-hybridized carbons (Fsp3) is 0.600. The minimum atomic E-state index is -0.276. The molecule has 1 aromatic rings. The Labute approximate surface area is 160 Å². The van der Waals surface area contributed by atoms with Gasteiger partial charge in [0.05, 0.1) is 19.3 Å². The van der Waals surface area contributed by atoms with E-state index >= 15 is 0 Å². The first kappa shape index (κ1) is 19.5. The van der Waals surface area contributed by atoms with Crippen molar-refractivity contribution < 1.29 is 19.1 Å². The molecule has 0 radical (unpaired) electrons. The van der Waals surface area contributed by atoms with Gasteiger partial charge in [-0.2, -0.15) is 0 Å². The Morgan fingerprint density at radius 3 is 2.74 bits per heavy atom. The SMILES string of the molecule is C[C@@H]1CCCC[C@H]1OCCNC(=O)Nc1ccc(CN2CCOC2=O)cc1. The normalized spacial score (nSPS) is 22.4. The lowest BCUT2D eigenvalue weighted by molar-refractivity contribution is -0.00232. The van der Waals surface area contributed by atoms with Crippen LogP contribution in [0.1, 0.15) is 38.2 Å². The lowest BCUT2D eigenvalue weighted by Gasteiger charge is -2.28. The first-order valence-electron chi connectivity index (χ1n) is 9.79. The Morgan fingerprint density at radius 2 is 2.04 bits per heavy atom. The van der Waals surface area contributed by atoms with Crippen LogP contribution in [0.3, 0.4) is 0 Å². The van der Waals surface area contributed by atoms with Gasteiger partial charge in [0, 0.05) is 18.8 Å². The van der Waals surface area contributed by atoms with E-state index in [1.807, 2.05) is 24.3 Å². The van der Waals surface area contributed by atoms with E-state index in [2.05, 4.69) is 17.6 Å². The van der Waals surface area contributed by atoms with Gasteiger partial charge in [0.25, 0.3) is 0 Å². The third kappa shape index (κ3) is 5.85. The molecule has 1 aliphatic carbocycles. The molecule has 2 atom stereocenters. The van der Waals surface area contributed by atoms with E-state index in [4.69, 9.17) is 9.47 Å². The minimum absolute atomic E-state index is 0.244. The molecule has 3 rings (SSSR count). The van der Waals surface area contributed by atoms with Gasteiger partial charge in [0.1, 0.15) is 6.61 Å². The number of amides is 3. The maximum Gasteiger partial charge on any atom is 0.410 e. The molecular formula is C20H29N3O4. The number of nitrogens with zero attached hydrogens (tertiary/aromatic N) is 1. The lowest BCUT2D eigenvalue weighted by Crippen LogP contribution is -2.34. The first-order chi connectivity index (χ1) is 13.1. The summed E-state index contributed by atoms with van der Waals surface area (Å²) < 4.78 is 10.8. The minimum Gasteiger partial charge on any atom is -0.448 e. The summed E-state index contributed by atoms with van der Waals surface area (Å²) in [7, 11) is 0. The standard InChI is InChI=1S/C20H29N3O4/c1-15-4-2-3-5-18(15)26-12-10-21-19(24)22-17-8-6-16(7-9-17)14-23-11-13-27-20(23)25/h6-9,15,18H,2-5,10-14H2,1H3,(H2,21,22,24)/t15-,18-/m1/s1. The zero-order valence-corrected chi connectivity index (χ0v) is 15.9. The molecule has 2 N–H and O–H groups in total. The van der Waals surface area contributed by atoms with Gasteiger partial charge in [-0.3, -0.25) is 0 Å². The number of ether oxygens (including phenoxy) is 2. The van der Waals surface area contributed by atoms with Crippen molar-refractivity contribution in [2.45, 2.75) is 45.3 Å². The Kier molecular flexibility index (Phi) is 6.92. The van der Waals surface area contributed by atoms with Crippen molar-refractivity contribution in [2.24, 2.45) is 5.92 Å². The molecule has 1 saturated heterocycles. The van der Waals surface area contributed by atoms with E-state index in [0.717, 1.165) is 12.0 Å². The predicted octanol–water partition coefficient (Wildman–Crippen LogP) is 3.36. The molecule has 2 fully saturated rings. The lowest BCUT2D eigenvalue weighted by atomic mass is 9.88. The third-order valence-electron chi connectivity index (χ3n) is 5.18. The van der Waals surface area contributed by atoms with Crippen LogP contribution in [0.2, 0.25) is 0 Å². The van der Waals surface area contributed by atoms with Crippen LogP contribution in [-0.2, 0) is 16.0 Å². The van der Waals surface area contributed by atoms with Crippen molar-refractivity contribution in [2.75, 3.05) is 31.6 Å². The van der Waals surface area contributed by atoms with Crippen LogP contribution in [0.5, 0.6) is 0 Å². The Balaban J connectivity index is 1.34. The van der Waals surface area contributed by atoms with Crippen LogP contribution in [0.25, 0.3) is 0 Å². The number of nitrogens with one attached hydrogen (secondary N) is 2. The molecule has 27 heavy (non-hydrogen) atoms. The monoisotopic (exact) mass is 375 g/mol. The molecule has 3 amide bonds. The average molecular weight is 375 g/mol. The van der Waals surface area contributed by atoms with Crippen molar-refractivity contribution >= 4 is 17.8 Å². The molecule has 1 heterocycles. The van der Waals surface area contributed by atoms with Crippen LogP contribution in [0.15, 0.2) is 24.3 Å². The molecule has 1 aromatic carbocycles. The third-order valence-corrected chi connectivity index (χ3v) is 5.18. The van der Waals surface area contributed by atoms with Gasteiger partial charge in [-0.15, -0.1) is 0 Å². The molecule has 0 aromatic heterocycles. The van der Waals surface area contributed by atoms with Crippen LogP contribution in [0.4, 0.5) is 15.3 Å². The van der Waals surface area contributed by atoms with E-state index in [9.17, 15) is 9.59 Å². The van der Waals surface area contributed by atoms with Gasteiger partial charge in [-0.25, -0.2) is 9.59 Å². The molecule has 1 aliphatic heterocycles. The maximum absolute atomic E-state index is 12.0. The molecule has 0 bridgehead atoms. The van der Waals surface area contributed by atoms with E-state index in [0.29, 0.717) is 50.6 Å². The summed E-state index contributed by atoms with van der Waals surface area (Å²) in [4.78, 5) is 25.1. The highest BCUT2D eigenvalue weighted by Gasteiger charge is 2.22. The number of rotatable bonds is 7. The van der Waals surface area contributed by atoms with Gasteiger partial charge in [-0.05, 0) is 36.5 Å². The topological polar surface area (TPSA) is 79.9 Å². The highest BCUT2D eigenvalue weighted by atomic mass is 16.6. The number of hydrogen-bond donors (Lipinski definition) is 2. The zero-order chi connectivity index (χ0) is 19.1. The van der Waals surface area contributed by atoms with Crippen molar-refractivity contribution in [3.63, 3.8) is 0 Å². The molecule has 7 heteroatoms. The molecule has 0 unspecified atom stereocenters. The fourth-order valence-electron chi connectivity index (χ4n) is 3.56. The highest BCUT2D eigenvalue weighted by Crippen LogP contribution is 2.26. The highest BCUT2D eigenvalue weighted by molar-refractivity contribution is 5.89. The first-order valence-corrected chi connectivity index (χ1v) is 9.79. The zero-order valence-electron chi connectivity index (χ0n) is 15.9. The number of hydrogen-bond acceptors (Lipinski definition) is 4. The van der Waals surface area contributed by atoms with Crippen LogP contribution >= 0.6 is 0 Å². The van der Waals surface area contributed by atoms with Crippen LogP contribution in [0, 0.1) is 5.92 Å². The van der Waals surface area contributed by atoms with Crippen LogP contribution < -0.4 is 10.6 Å². The molecule has 0 spiro atoms. The van der Waals surface area contributed by atoms with Gasteiger partial charge in [-0.1, -0.05) is 31.9 Å². The largest absolute Gasteiger partial charge is 0.448 e. The number of benzene rings is 1. The summed E-state index contributed by atoms with van der Waals surface area (Å²) in [6.07, 6.45) is 4.92. The van der Waals surface area contributed by atoms with Crippen molar-refractivity contribution in [3.8, 4) is 0 Å². The summed E-state index contributed by atoms with van der Waals surface area (Å²) in [5.41, 5.74) is 1.71. The molecule has 7 nitrogen and oxygen atoms in total. The van der Waals surface area contributed by atoms with E-state index in [1.165, 1.54) is 19.3 Å². The number of carbonyl (C=O) groups excluding carboxylic acids is 2. The van der Waals surface area contributed by atoms with Crippen LogP contribution in [-0.4, -0.2) is 49.4 Å². The summed E-state index contributed by atoms with van der Waals surface area (Å²) in [6.45, 7) is 4.84. The Morgan fingerprint density at radius 1 is 1.26 bits per heavy atom. The van der Waals surface area contributed by atoms with Gasteiger partial charge < -0.3 is 25.0 Å². The second kappa shape index (κ2) is 9.60. The molecule has 148 valence electrons. The Hall–Kier alpha value is -2.28. The summed E-state index contributed by atoms with van der Waals surface area (Å²) >= 11 is 0. The quantitative estimate of drug-likeness (QED) is 0.716. The van der Waals surface area contributed by atoms with E-state index in [1.54, 1.807) is 4.90 Å². The van der Waals surface area contributed by atoms with E-state index < -0.39 is 0 Å². The molecule has 2 aliphatic rings. The Bertz CT molecular complexity index is 635.